The summed E-state index contributed by atoms with van der Waals surface area (Å²) in [4.78, 5) is 33.8. The Morgan fingerprint density at radius 3 is 2.50 bits per heavy atom. The van der Waals surface area contributed by atoms with Crippen molar-refractivity contribution < 1.29 is 23.9 Å². The van der Waals surface area contributed by atoms with Crippen molar-refractivity contribution in [3.8, 4) is 0 Å². The van der Waals surface area contributed by atoms with E-state index in [-0.39, 0.29) is 12.0 Å². The van der Waals surface area contributed by atoms with Crippen LogP contribution in [0, 0.1) is 5.41 Å². The van der Waals surface area contributed by atoms with Gasteiger partial charge in [-0.1, -0.05) is 19.9 Å². The molecule has 5 heteroatoms. The molecule has 1 aliphatic carbocycles. The van der Waals surface area contributed by atoms with Gasteiger partial charge in [0.05, 0.1) is 0 Å². The molecule has 0 amide bonds. The van der Waals surface area contributed by atoms with Gasteiger partial charge in [0.15, 0.2) is 0 Å². The van der Waals surface area contributed by atoms with Crippen LogP contribution < -0.4 is 0 Å². The van der Waals surface area contributed by atoms with Gasteiger partial charge in [-0.15, -0.1) is 0 Å². The zero-order valence-electron chi connectivity index (χ0n) is 13.6. The highest BCUT2D eigenvalue weighted by Gasteiger charge is 2.29. The predicted molar refractivity (Wildman–Crippen MR) is 82.0 cm³/mol. The summed E-state index contributed by atoms with van der Waals surface area (Å²) < 4.78 is 10.1. The number of hydrogen-bond donors (Lipinski definition) is 0. The van der Waals surface area contributed by atoms with Crippen LogP contribution in [0.2, 0.25) is 0 Å². The van der Waals surface area contributed by atoms with Gasteiger partial charge in [-0.3, -0.25) is 9.59 Å². The van der Waals surface area contributed by atoms with Gasteiger partial charge in [0.25, 0.3) is 0 Å². The Hall–Kier alpha value is -2.17. The molecule has 1 atom stereocenters. The molecule has 0 saturated carbocycles. The topological polar surface area (TPSA) is 69.7 Å². The van der Waals surface area contributed by atoms with Gasteiger partial charge in [0.1, 0.15) is 19.0 Å². The first-order valence-electron chi connectivity index (χ1n) is 7.05. The number of allylic oxidation sites excluding steroid dienone is 2. The molecule has 5 nitrogen and oxygen atoms in total. The number of esters is 2. The SMILES string of the molecule is CC(=O)OC/C=C(/C)C(=O)O[C@H]1C=C(C=O)C(C)(C)C=C1C. The van der Waals surface area contributed by atoms with Crippen molar-refractivity contribution in [1.82, 2.24) is 0 Å². The van der Waals surface area contributed by atoms with E-state index >= 15 is 0 Å². The lowest BCUT2D eigenvalue weighted by atomic mass is 9.78. The molecule has 0 unspecified atom stereocenters. The minimum atomic E-state index is -0.558. The largest absolute Gasteiger partial charge is 0.462 e. The third-order valence-electron chi connectivity index (χ3n) is 3.47. The summed E-state index contributed by atoms with van der Waals surface area (Å²) >= 11 is 0. The molecule has 0 bridgehead atoms. The molecule has 0 aromatic carbocycles. The molecule has 0 aliphatic heterocycles. The van der Waals surface area contributed by atoms with Crippen molar-refractivity contribution in [1.29, 1.82) is 0 Å². The normalized spacial score (nSPS) is 20.6. The second kappa shape index (κ2) is 7.20. The zero-order valence-corrected chi connectivity index (χ0v) is 13.6. The summed E-state index contributed by atoms with van der Waals surface area (Å²) in [5.74, 6) is -0.921. The van der Waals surface area contributed by atoms with Crippen LogP contribution in [0.25, 0.3) is 0 Å². The number of ether oxygens (including phenoxy) is 2. The molecule has 0 heterocycles. The van der Waals surface area contributed by atoms with Crippen molar-refractivity contribution in [3.63, 3.8) is 0 Å². The predicted octanol–water partition coefficient (Wildman–Crippen LogP) is 2.52. The van der Waals surface area contributed by atoms with Crippen molar-refractivity contribution in [2.45, 2.75) is 40.7 Å². The van der Waals surface area contributed by atoms with Crippen LogP contribution in [0.1, 0.15) is 34.6 Å². The van der Waals surface area contributed by atoms with E-state index in [4.69, 9.17) is 9.47 Å². The molecular formula is C17H22O5. The molecular weight excluding hydrogens is 284 g/mol. The summed E-state index contributed by atoms with van der Waals surface area (Å²) in [6, 6.07) is 0. The molecule has 0 aromatic heterocycles. The maximum Gasteiger partial charge on any atom is 0.334 e. The second-order valence-corrected chi connectivity index (χ2v) is 5.87. The van der Waals surface area contributed by atoms with E-state index in [1.807, 2.05) is 26.8 Å². The Bertz CT molecular complexity index is 564. The minimum absolute atomic E-state index is 0.0260. The van der Waals surface area contributed by atoms with Gasteiger partial charge < -0.3 is 9.47 Å². The quantitative estimate of drug-likeness (QED) is 0.338. The molecule has 0 fully saturated rings. The van der Waals surface area contributed by atoms with E-state index in [9.17, 15) is 14.4 Å². The van der Waals surface area contributed by atoms with Crippen LogP contribution >= 0.6 is 0 Å². The van der Waals surface area contributed by atoms with Crippen LogP contribution in [0.5, 0.6) is 0 Å². The number of carbonyl (C=O) groups is 3. The summed E-state index contributed by atoms with van der Waals surface area (Å²) in [6.07, 6.45) is 5.30. The fourth-order valence-corrected chi connectivity index (χ4v) is 2.14. The Morgan fingerprint density at radius 2 is 1.95 bits per heavy atom. The number of carbonyl (C=O) groups excluding carboxylic acids is 3. The molecule has 22 heavy (non-hydrogen) atoms. The maximum atomic E-state index is 12.0. The van der Waals surface area contributed by atoms with Crippen molar-refractivity contribution >= 4 is 18.2 Å². The standard InChI is InChI=1S/C17H22O5/c1-11(6-7-21-13(3)19)16(20)22-15-8-14(10-18)17(4,5)9-12(15)2/h6,8-10,15H,7H2,1-5H3/b11-6-/t15-/m0/s1. The third-order valence-corrected chi connectivity index (χ3v) is 3.47. The summed E-state index contributed by atoms with van der Waals surface area (Å²) in [7, 11) is 0. The second-order valence-electron chi connectivity index (χ2n) is 5.87. The van der Waals surface area contributed by atoms with E-state index in [2.05, 4.69) is 0 Å². The van der Waals surface area contributed by atoms with Crippen molar-refractivity contribution in [2.75, 3.05) is 6.61 Å². The van der Waals surface area contributed by atoms with Gasteiger partial charge >= 0.3 is 11.9 Å². The van der Waals surface area contributed by atoms with Gasteiger partial charge in [-0.2, -0.15) is 0 Å². The van der Waals surface area contributed by atoms with Gasteiger partial charge in [-0.05, 0) is 31.6 Å². The molecule has 0 aromatic rings. The fourth-order valence-electron chi connectivity index (χ4n) is 2.14. The highest BCUT2D eigenvalue weighted by Crippen LogP contribution is 2.34. The highest BCUT2D eigenvalue weighted by atomic mass is 16.5. The Labute approximate surface area is 130 Å². The van der Waals surface area contributed by atoms with E-state index < -0.39 is 18.0 Å². The van der Waals surface area contributed by atoms with Crippen molar-refractivity contribution in [2.24, 2.45) is 5.41 Å². The van der Waals surface area contributed by atoms with Crippen LogP contribution in [-0.4, -0.2) is 30.9 Å². The number of aldehydes is 1. The molecule has 1 aliphatic rings. The van der Waals surface area contributed by atoms with Crippen LogP contribution in [-0.2, 0) is 23.9 Å². The smallest absolute Gasteiger partial charge is 0.334 e. The molecule has 0 saturated heterocycles. The monoisotopic (exact) mass is 306 g/mol. The molecule has 1 rings (SSSR count). The molecule has 0 N–H and O–H groups in total. The summed E-state index contributed by atoms with van der Waals surface area (Å²) in [6.45, 7) is 8.62. The molecule has 0 spiro atoms. The highest BCUT2D eigenvalue weighted by molar-refractivity contribution is 5.88. The average molecular weight is 306 g/mol. The fraction of sp³-hybridized carbons (Fsp3) is 0.471. The maximum absolute atomic E-state index is 12.0. The lowest BCUT2D eigenvalue weighted by Crippen LogP contribution is -2.27. The minimum Gasteiger partial charge on any atom is -0.462 e. The van der Waals surface area contributed by atoms with Crippen LogP contribution in [0.3, 0.4) is 0 Å². The lowest BCUT2D eigenvalue weighted by molar-refractivity contribution is -0.142. The summed E-state index contributed by atoms with van der Waals surface area (Å²) in [5, 5.41) is 0. The average Bonchev–Trinajstić information content (AvgIpc) is 2.40. The van der Waals surface area contributed by atoms with Gasteiger partial charge in [0.2, 0.25) is 0 Å². The number of hydrogen-bond acceptors (Lipinski definition) is 5. The Morgan fingerprint density at radius 1 is 1.32 bits per heavy atom. The Kier molecular flexibility index (Phi) is 5.85. The van der Waals surface area contributed by atoms with Crippen LogP contribution in [0.15, 0.2) is 34.9 Å². The first kappa shape index (κ1) is 17.9. The zero-order chi connectivity index (χ0) is 16.9. The Balaban J connectivity index is 2.78. The summed E-state index contributed by atoms with van der Waals surface area (Å²) in [5.41, 5.74) is 1.43. The van der Waals surface area contributed by atoms with Gasteiger partial charge in [-0.25, -0.2) is 4.79 Å². The third kappa shape index (κ3) is 4.69. The van der Waals surface area contributed by atoms with E-state index in [1.165, 1.54) is 13.0 Å². The number of rotatable bonds is 5. The van der Waals surface area contributed by atoms with Crippen molar-refractivity contribution in [3.05, 3.63) is 34.9 Å². The van der Waals surface area contributed by atoms with E-state index in [0.29, 0.717) is 11.1 Å². The van der Waals surface area contributed by atoms with E-state index in [0.717, 1.165) is 11.9 Å². The molecule has 0 radical (unpaired) electrons. The lowest BCUT2D eigenvalue weighted by Gasteiger charge is -2.30. The van der Waals surface area contributed by atoms with Gasteiger partial charge in [0, 0.05) is 23.5 Å². The molecule has 120 valence electrons. The van der Waals surface area contributed by atoms with Crippen LogP contribution in [0.4, 0.5) is 0 Å². The first-order chi connectivity index (χ1) is 10.2. The van der Waals surface area contributed by atoms with E-state index in [1.54, 1.807) is 13.0 Å². The first-order valence-corrected chi connectivity index (χ1v) is 7.05.